The fourth-order valence-electron chi connectivity index (χ4n) is 4.48. The van der Waals surface area contributed by atoms with Crippen molar-refractivity contribution in [3.8, 4) is 17.2 Å². The van der Waals surface area contributed by atoms with Crippen LogP contribution in [0, 0.1) is 0 Å². The second-order valence-corrected chi connectivity index (χ2v) is 8.91. The summed E-state index contributed by atoms with van der Waals surface area (Å²) in [6, 6.07) is 14.7. The Balaban J connectivity index is 1.64. The van der Waals surface area contributed by atoms with Gasteiger partial charge in [0.15, 0.2) is 0 Å². The van der Waals surface area contributed by atoms with Gasteiger partial charge in [0.25, 0.3) is 0 Å². The lowest BCUT2D eigenvalue weighted by atomic mass is 10.1. The lowest BCUT2D eigenvalue weighted by Gasteiger charge is -2.31. The molecule has 0 radical (unpaired) electrons. The van der Waals surface area contributed by atoms with Crippen molar-refractivity contribution in [1.82, 2.24) is 10.2 Å². The van der Waals surface area contributed by atoms with Crippen LogP contribution in [0.1, 0.15) is 57.4 Å². The van der Waals surface area contributed by atoms with Gasteiger partial charge < -0.3 is 24.4 Å². The maximum Gasteiger partial charge on any atom is 0.243 e. The number of amides is 2. The maximum atomic E-state index is 13.4. The molecule has 0 aromatic heterocycles. The molecule has 0 bridgehead atoms. The molecule has 2 aromatic carbocycles. The summed E-state index contributed by atoms with van der Waals surface area (Å²) in [7, 11) is 3.24. The zero-order valence-corrected chi connectivity index (χ0v) is 21.1. The second-order valence-electron chi connectivity index (χ2n) is 8.91. The molecule has 7 nitrogen and oxygen atoms in total. The van der Waals surface area contributed by atoms with Gasteiger partial charge in [-0.2, -0.15) is 0 Å². The Morgan fingerprint density at radius 2 is 1.69 bits per heavy atom. The van der Waals surface area contributed by atoms with Crippen molar-refractivity contribution >= 4 is 11.8 Å². The molecule has 1 saturated carbocycles. The smallest absolute Gasteiger partial charge is 0.243 e. The zero-order chi connectivity index (χ0) is 25.0. The van der Waals surface area contributed by atoms with Crippen LogP contribution in [0.2, 0.25) is 0 Å². The molecule has 0 saturated heterocycles. The molecule has 1 N–H and O–H groups in total. The van der Waals surface area contributed by atoms with Gasteiger partial charge in [0.1, 0.15) is 23.3 Å². The molecule has 1 aliphatic rings. The predicted molar refractivity (Wildman–Crippen MR) is 136 cm³/mol. The molecule has 1 unspecified atom stereocenters. The topological polar surface area (TPSA) is 77.1 Å². The first-order valence-electron chi connectivity index (χ1n) is 12.5. The van der Waals surface area contributed by atoms with Gasteiger partial charge in [-0.1, -0.05) is 31.9 Å². The van der Waals surface area contributed by atoms with E-state index in [1.54, 1.807) is 19.1 Å². The lowest BCUT2D eigenvalue weighted by Crippen LogP contribution is -2.50. The molecule has 1 fully saturated rings. The number of rotatable bonds is 13. The van der Waals surface area contributed by atoms with Gasteiger partial charge in [-0.15, -0.1) is 0 Å². The lowest BCUT2D eigenvalue weighted by molar-refractivity contribution is -0.141. The first-order valence-corrected chi connectivity index (χ1v) is 12.5. The number of hydrogen-bond acceptors (Lipinski definition) is 5. The molecule has 190 valence electrons. The third-order valence-corrected chi connectivity index (χ3v) is 6.44. The molecule has 1 atom stereocenters. The summed E-state index contributed by atoms with van der Waals surface area (Å²) < 4.78 is 16.3. The Morgan fingerprint density at radius 1 is 1.00 bits per heavy atom. The van der Waals surface area contributed by atoms with Gasteiger partial charge in [0, 0.05) is 19.0 Å². The number of carbonyl (C=O) groups excluding carboxylic acids is 2. The first kappa shape index (κ1) is 26.4. The summed E-state index contributed by atoms with van der Waals surface area (Å²) in [6.45, 7) is 2.72. The van der Waals surface area contributed by atoms with E-state index >= 15 is 0 Å². The highest BCUT2D eigenvalue weighted by atomic mass is 16.5. The molecule has 2 aromatic rings. The molecular weight excluding hydrogens is 444 g/mol. The summed E-state index contributed by atoms with van der Waals surface area (Å²) in [5, 5.41) is 3.18. The van der Waals surface area contributed by atoms with Crippen LogP contribution >= 0.6 is 0 Å². The number of nitrogens with zero attached hydrogens (tertiary/aromatic N) is 1. The molecule has 0 aliphatic heterocycles. The quantitative estimate of drug-likeness (QED) is 0.418. The molecule has 2 amide bonds. The maximum absolute atomic E-state index is 13.4. The van der Waals surface area contributed by atoms with Crippen LogP contribution in [0.25, 0.3) is 0 Å². The van der Waals surface area contributed by atoms with Gasteiger partial charge in [0.05, 0.1) is 20.8 Å². The van der Waals surface area contributed by atoms with E-state index in [2.05, 4.69) is 5.32 Å². The van der Waals surface area contributed by atoms with Crippen molar-refractivity contribution < 1.29 is 23.8 Å². The van der Waals surface area contributed by atoms with Gasteiger partial charge in [-0.3, -0.25) is 9.59 Å². The van der Waals surface area contributed by atoms with Crippen LogP contribution in [0.4, 0.5) is 0 Å². The van der Waals surface area contributed by atoms with E-state index in [0.717, 1.165) is 48.5 Å². The average Bonchev–Trinajstić information content (AvgIpc) is 3.39. The normalized spacial score (nSPS) is 14.3. The molecule has 0 heterocycles. The minimum absolute atomic E-state index is 0.0560. The van der Waals surface area contributed by atoms with Crippen LogP contribution < -0.4 is 19.5 Å². The summed E-state index contributed by atoms with van der Waals surface area (Å²) >= 11 is 0. The third-order valence-electron chi connectivity index (χ3n) is 6.44. The Morgan fingerprint density at radius 3 is 2.34 bits per heavy atom. The van der Waals surface area contributed by atoms with Gasteiger partial charge >= 0.3 is 0 Å². The Labute approximate surface area is 208 Å². The van der Waals surface area contributed by atoms with Crippen molar-refractivity contribution in [3.05, 3.63) is 54.1 Å². The summed E-state index contributed by atoms with van der Waals surface area (Å²) in [5.74, 6) is 2.10. The van der Waals surface area contributed by atoms with Crippen LogP contribution in [0.15, 0.2) is 48.5 Å². The summed E-state index contributed by atoms with van der Waals surface area (Å²) in [5.41, 5.74) is 0.930. The van der Waals surface area contributed by atoms with E-state index in [1.165, 1.54) is 0 Å². The van der Waals surface area contributed by atoms with Crippen molar-refractivity contribution in [2.24, 2.45) is 0 Å². The van der Waals surface area contributed by atoms with Gasteiger partial charge in [0.2, 0.25) is 11.8 Å². The fourth-order valence-corrected chi connectivity index (χ4v) is 4.48. The summed E-state index contributed by atoms with van der Waals surface area (Å²) in [6.07, 6.45) is 5.71. The largest absolute Gasteiger partial charge is 0.497 e. The molecule has 7 heteroatoms. The van der Waals surface area contributed by atoms with Crippen molar-refractivity contribution in [2.75, 3.05) is 20.8 Å². The van der Waals surface area contributed by atoms with E-state index in [1.807, 2.05) is 55.5 Å². The van der Waals surface area contributed by atoms with E-state index in [4.69, 9.17) is 14.2 Å². The van der Waals surface area contributed by atoms with E-state index < -0.39 is 6.04 Å². The number of benzene rings is 2. The molecular formula is C28H38N2O5. The number of methoxy groups -OCH3 is 2. The van der Waals surface area contributed by atoms with Crippen LogP contribution in [0.5, 0.6) is 17.2 Å². The Bertz CT molecular complexity index is 941. The second kappa shape index (κ2) is 13.6. The standard InChI is InChI=1S/C28H38N2O5/c1-4-26(28(32)29-22-10-5-6-11-22)30(20-21-9-7-12-25(19-21)34-3)27(31)13-8-18-35-24-16-14-23(33-2)15-17-24/h7,9,12,14-17,19,22,26H,4-6,8,10-11,13,18,20H2,1-3H3,(H,29,32). The molecule has 3 rings (SSSR count). The van der Waals surface area contributed by atoms with Crippen LogP contribution in [-0.2, 0) is 16.1 Å². The highest BCUT2D eigenvalue weighted by Crippen LogP contribution is 2.21. The molecule has 0 spiro atoms. The third kappa shape index (κ3) is 7.91. The predicted octanol–water partition coefficient (Wildman–Crippen LogP) is 4.73. The monoisotopic (exact) mass is 482 g/mol. The zero-order valence-electron chi connectivity index (χ0n) is 21.1. The Kier molecular flexibility index (Phi) is 10.3. The fraction of sp³-hybridized carbons (Fsp3) is 0.500. The van der Waals surface area contributed by atoms with E-state index in [0.29, 0.717) is 32.4 Å². The molecule has 1 aliphatic carbocycles. The summed E-state index contributed by atoms with van der Waals surface area (Å²) in [4.78, 5) is 28.3. The highest BCUT2D eigenvalue weighted by molar-refractivity contribution is 5.87. The van der Waals surface area contributed by atoms with Crippen molar-refractivity contribution in [3.63, 3.8) is 0 Å². The van der Waals surface area contributed by atoms with E-state index in [-0.39, 0.29) is 17.9 Å². The number of nitrogens with one attached hydrogen (secondary N) is 1. The highest BCUT2D eigenvalue weighted by Gasteiger charge is 2.30. The van der Waals surface area contributed by atoms with Gasteiger partial charge in [-0.05, 0) is 67.6 Å². The SMILES string of the molecule is CCC(C(=O)NC1CCCC1)N(Cc1cccc(OC)c1)C(=O)CCCOc1ccc(OC)cc1. The van der Waals surface area contributed by atoms with Crippen LogP contribution in [-0.4, -0.2) is 49.6 Å². The molecule has 35 heavy (non-hydrogen) atoms. The minimum atomic E-state index is -0.517. The minimum Gasteiger partial charge on any atom is -0.497 e. The number of ether oxygens (including phenoxy) is 3. The van der Waals surface area contributed by atoms with Crippen molar-refractivity contribution in [2.45, 2.75) is 70.5 Å². The number of carbonyl (C=O) groups is 2. The first-order chi connectivity index (χ1) is 17.0. The number of hydrogen-bond donors (Lipinski definition) is 1. The van der Waals surface area contributed by atoms with Crippen molar-refractivity contribution in [1.29, 1.82) is 0 Å². The van der Waals surface area contributed by atoms with E-state index in [9.17, 15) is 9.59 Å². The Hall–Kier alpha value is -3.22. The van der Waals surface area contributed by atoms with Crippen LogP contribution in [0.3, 0.4) is 0 Å². The van der Waals surface area contributed by atoms with Gasteiger partial charge in [-0.25, -0.2) is 0 Å². The average molecular weight is 483 g/mol.